The Morgan fingerprint density at radius 3 is 2.10 bits per heavy atom. The van der Waals surface area contributed by atoms with Crippen LogP contribution in [0.15, 0.2) is 42.5 Å². The van der Waals surface area contributed by atoms with E-state index in [1.165, 1.54) is 12.1 Å². The fraction of sp³-hybridized carbons (Fsp3) is 0.200. The van der Waals surface area contributed by atoms with Crippen molar-refractivity contribution >= 4 is 23.2 Å². The highest BCUT2D eigenvalue weighted by molar-refractivity contribution is 6.35. The Bertz CT molecular complexity index is 606. The second kappa shape index (κ2) is 6.69. The largest absolute Gasteiger partial charge is 0.416 e. The van der Waals surface area contributed by atoms with Gasteiger partial charge < -0.3 is 5.32 Å². The van der Waals surface area contributed by atoms with E-state index < -0.39 is 11.7 Å². The molecule has 1 N–H and O–H groups in total. The van der Waals surface area contributed by atoms with E-state index in [1.54, 1.807) is 24.3 Å². The van der Waals surface area contributed by atoms with Crippen LogP contribution >= 0.6 is 23.2 Å². The lowest BCUT2D eigenvalue weighted by molar-refractivity contribution is -0.138. The van der Waals surface area contributed by atoms with Gasteiger partial charge in [0.25, 0.3) is 0 Å². The van der Waals surface area contributed by atoms with E-state index in [9.17, 15) is 13.2 Å². The zero-order valence-corrected chi connectivity index (χ0v) is 12.4. The number of rotatable bonds is 4. The van der Waals surface area contributed by atoms with E-state index >= 15 is 0 Å². The van der Waals surface area contributed by atoms with Crippen molar-refractivity contribution in [1.82, 2.24) is 5.32 Å². The van der Waals surface area contributed by atoms with E-state index in [-0.39, 0.29) is 12.1 Å². The highest BCUT2D eigenvalue weighted by atomic mass is 35.5. The van der Waals surface area contributed by atoms with Crippen LogP contribution in [0.4, 0.5) is 13.2 Å². The van der Waals surface area contributed by atoms with Crippen LogP contribution in [-0.4, -0.2) is 0 Å². The first-order valence-corrected chi connectivity index (χ1v) is 6.94. The van der Waals surface area contributed by atoms with Crippen LogP contribution in [0.3, 0.4) is 0 Å². The molecule has 0 aromatic heterocycles. The van der Waals surface area contributed by atoms with Crippen LogP contribution in [0.5, 0.6) is 0 Å². The van der Waals surface area contributed by atoms with Gasteiger partial charge in [-0.3, -0.25) is 0 Å². The third-order valence-electron chi connectivity index (χ3n) is 3.00. The van der Waals surface area contributed by atoms with Crippen LogP contribution in [-0.2, 0) is 19.3 Å². The quantitative estimate of drug-likeness (QED) is 0.800. The molecule has 0 aliphatic heterocycles. The van der Waals surface area contributed by atoms with Gasteiger partial charge in [0.1, 0.15) is 0 Å². The molecule has 0 bridgehead atoms. The van der Waals surface area contributed by atoms with Gasteiger partial charge in [-0.05, 0) is 23.8 Å². The molecule has 0 aliphatic rings. The SMILES string of the molecule is FC(F)(F)c1ccccc1CNCc1c(Cl)cccc1Cl. The fourth-order valence-electron chi connectivity index (χ4n) is 1.97. The zero-order valence-electron chi connectivity index (χ0n) is 10.8. The lowest BCUT2D eigenvalue weighted by Crippen LogP contribution is -2.17. The maximum absolute atomic E-state index is 12.9. The Hall–Kier alpha value is -1.23. The Morgan fingerprint density at radius 2 is 1.48 bits per heavy atom. The predicted molar refractivity (Wildman–Crippen MR) is 78.4 cm³/mol. The molecule has 6 heteroatoms. The van der Waals surface area contributed by atoms with Gasteiger partial charge >= 0.3 is 6.18 Å². The smallest absolute Gasteiger partial charge is 0.308 e. The molecule has 0 spiro atoms. The zero-order chi connectivity index (χ0) is 15.5. The lowest BCUT2D eigenvalue weighted by Gasteiger charge is -2.14. The number of nitrogens with one attached hydrogen (secondary N) is 1. The van der Waals surface area contributed by atoms with E-state index in [1.807, 2.05) is 0 Å². The molecule has 2 aromatic carbocycles. The van der Waals surface area contributed by atoms with Crippen molar-refractivity contribution in [1.29, 1.82) is 0 Å². The average molecular weight is 334 g/mol. The summed E-state index contributed by atoms with van der Waals surface area (Å²) in [6.45, 7) is 0.377. The molecule has 0 saturated carbocycles. The summed E-state index contributed by atoms with van der Waals surface area (Å²) in [6.07, 6.45) is -4.36. The van der Waals surface area contributed by atoms with Crippen molar-refractivity contribution < 1.29 is 13.2 Å². The summed E-state index contributed by atoms with van der Waals surface area (Å²) in [5.41, 5.74) is 0.223. The summed E-state index contributed by atoms with van der Waals surface area (Å²) in [5, 5.41) is 3.91. The molecule has 0 atom stereocenters. The summed E-state index contributed by atoms with van der Waals surface area (Å²) in [6, 6.07) is 10.6. The maximum Gasteiger partial charge on any atom is 0.416 e. The summed E-state index contributed by atoms with van der Waals surface area (Å²) in [7, 11) is 0. The second-order valence-electron chi connectivity index (χ2n) is 4.46. The predicted octanol–water partition coefficient (Wildman–Crippen LogP) is 5.30. The third-order valence-corrected chi connectivity index (χ3v) is 3.71. The average Bonchev–Trinajstić information content (AvgIpc) is 2.41. The Morgan fingerprint density at radius 1 is 0.857 bits per heavy atom. The standard InChI is InChI=1S/C15H12Cl2F3N/c16-13-6-3-7-14(17)11(13)9-21-8-10-4-1-2-5-12(10)15(18,19)20/h1-7,21H,8-9H2. The van der Waals surface area contributed by atoms with Gasteiger partial charge in [-0.1, -0.05) is 47.5 Å². The van der Waals surface area contributed by atoms with Gasteiger partial charge in [-0.25, -0.2) is 0 Å². The molecule has 112 valence electrons. The first-order valence-electron chi connectivity index (χ1n) is 6.18. The molecule has 0 saturated heterocycles. The molecule has 0 amide bonds. The molecule has 2 rings (SSSR count). The number of hydrogen-bond donors (Lipinski definition) is 1. The van der Waals surface area contributed by atoms with Gasteiger partial charge in [-0.15, -0.1) is 0 Å². The molecule has 0 radical (unpaired) electrons. The van der Waals surface area contributed by atoms with Crippen molar-refractivity contribution in [2.45, 2.75) is 19.3 Å². The first kappa shape index (κ1) is 16.1. The van der Waals surface area contributed by atoms with Crippen molar-refractivity contribution in [3.05, 3.63) is 69.2 Å². The van der Waals surface area contributed by atoms with Gasteiger partial charge in [0.2, 0.25) is 0 Å². The number of alkyl halides is 3. The summed E-state index contributed by atoms with van der Waals surface area (Å²) >= 11 is 12.0. The Balaban J connectivity index is 2.08. The van der Waals surface area contributed by atoms with Crippen molar-refractivity contribution in [3.8, 4) is 0 Å². The molecular formula is C15H12Cl2F3N. The van der Waals surface area contributed by atoms with E-state index in [0.29, 0.717) is 22.2 Å². The van der Waals surface area contributed by atoms with Crippen LogP contribution in [0.1, 0.15) is 16.7 Å². The molecule has 0 aliphatic carbocycles. The summed E-state index contributed by atoms with van der Waals surface area (Å²) < 4.78 is 38.6. The van der Waals surface area contributed by atoms with E-state index in [0.717, 1.165) is 6.07 Å². The third kappa shape index (κ3) is 4.13. The van der Waals surface area contributed by atoms with Crippen LogP contribution < -0.4 is 5.32 Å². The Kier molecular flexibility index (Phi) is 5.14. The molecule has 0 unspecified atom stereocenters. The second-order valence-corrected chi connectivity index (χ2v) is 5.27. The first-order chi connectivity index (χ1) is 9.89. The minimum atomic E-state index is -4.36. The van der Waals surface area contributed by atoms with Gasteiger partial charge in [0.05, 0.1) is 5.56 Å². The van der Waals surface area contributed by atoms with Gasteiger partial charge in [-0.2, -0.15) is 13.2 Å². The molecule has 0 fully saturated rings. The fourth-order valence-corrected chi connectivity index (χ4v) is 2.51. The number of hydrogen-bond acceptors (Lipinski definition) is 1. The van der Waals surface area contributed by atoms with Crippen LogP contribution in [0.25, 0.3) is 0 Å². The van der Waals surface area contributed by atoms with E-state index in [4.69, 9.17) is 23.2 Å². The molecule has 0 heterocycles. The normalized spacial score (nSPS) is 11.7. The van der Waals surface area contributed by atoms with Crippen molar-refractivity contribution in [3.63, 3.8) is 0 Å². The minimum absolute atomic E-state index is 0.0806. The summed E-state index contributed by atoms with van der Waals surface area (Å²) in [4.78, 5) is 0. The molecule has 1 nitrogen and oxygen atoms in total. The van der Waals surface area contributed by atoms with Crippen LogP contribution in [0.2, 0.25) is 10.0 Å². The summed E-state index contributed by atoms with van der Waals surface area (Å²) in [5.74, 6) is 0. The van der Waals surface area contributed by atoms with Crippen LogP contribution in [0, 0.1) is 0 Å². The van der Waals surface area contributed by atoms with E-state index in [2.05, 4.69) is 5.32 Å². The van der Waals surface area contributed by atoms with Crippen molar-refractivity contribution in [2.75, 3.05) is 0 Å². The molecular weight excluding hydrogens is 322 g/mol. The monoisotopic (exact) mass is 333 g/mol. The lowest BCUT2D eigenvalue weighted by atomic mass is 10.1. The highest BCUT2D eigenvalue weighted by Crippen LogP contribution is 2.32. The van der Waals surface area contributed by atoms with Gasteiger partial charge in [0.15, 0.2) is 0 Å². The topological polar surface area (TPSA) is 12.0 Å². The Labute approximate surface area is 130 Å². The number of halogens is 5. The highest BCUT2D eigenvalue weighted by Gasteiger charge is 2.32. The minimum Gasteiger partial charge on any atom is -0.308 e. The molecule has 2 aromatic rings. The molecule has 21 heavy (non-hydrogen) atoms. The van der Waals surface area contributed by atoms with Gasteiger partial charge in [0, 0.05) is 28.7 Å². The van der Waals surface area contributed by atoms with Crippen molar-refractivity contribution in [2.24, 2.45) is 0 Å². The number of benzene rings is 2. The maximum atomic E-state index is 12.9.